The molecule has 1 unspecified atom stereocenters. The Balaban J connectivity index is 1.59. The maximum Gasteiger partial charge on any atom is 0.264 e. The van der Waals surface area contributed by atoms with E-state index < -0.39 is 10.0 Å². The fourth-order valence-electron chi connectivity index (χ4n) is 3.48. The van der Waals surface area contributed by atoms with Gasteiger partial charge in [0, 0.05) is 6.04 Å². The van der Waals surface area contributed by atoms with Crippen LogP contribution in [0.1, 0.15) is 18.1 Å². The van der Waals surface area contributed by atoms with Crippen molar-refractivity contribution >= 4 is 15.7 Å². The highest BCUT2D eigenvalue weighted by Crippen LogP contribution is 2.38. The Morgan fingerprint density at radius 2 is 1.63 bits per heavy atom. The summed E-state index contributed by atoms with van der Waals surface area (Å²) in [5, 5.41) is 0. The molecule has 0 amide bonds. The van der Waals surface area contributed by atoms with E-state index in [0.717, 1.165) is 22.6 Å². The lowest BCUT2D eigenvalue weighted by Crippen LogP contribution is -2.35. The lowest BCUT2D eigenvalue weighted by atomic mass is 10.1. The van der Waals surface area contributed by atoms with Crippen molar-refractivity contribution in [3.63, 3.8) is 0 Å². The van der Waals surface area contributed by atoms with Gasteiger partial charge in [0.25, 0.3) is 10.0 Å². The molecule has 0 saturated carbocycles. The number of ether oxygens (including phenoxy) is 1. The van der Waals surface area contributed by atoms with Crippen molar-refractivity contribution in [3.8, 4) is 5.75 Å². The normalized spacial score (nSPS) is 16.2. The van der Waals surface area contributed by atoms with Gasteiger partial charge in [-0.3, -0.25) is 4.31 Å². The van der Waals surface area contributed by atoms with Gasteiger partial charge in [0.1, 0.15) is 12.4 Å². The standard InChI is InChI=1S/C22H21NO3S/c1-17-14-19-15-20(26-16-18-8-4-2-5-9-18)12-13-22(19)23(17)27(24,25)21-10-6-3-7-11-21/h2-13,15,17H,14,16H2,1H3. The summed E-state index contributed by atoms with van der Waals surface area (Å²) in [6.45, 7) is 2.42. The van der Waals surface area contributed by atoms with Crippen molar-refractivity contribution < 1.29 is 13.2 Å². The van der Waals surface area contributed by atoms with Crippen LogP contribution < -0.4 is 9.04 Å². The molecular formula is C22H21NO3S. The van der Waals surface area contributed by atoms with Crippen LogP contribution in [-0.2, 0) is 23.1 Å². The average Bonchev–Trinajstić information content (AvgIpc) is 3.03. The zero-order valence-electron chi connectivity index (χ0n) is 15.1. The van der Waals surface area contributed by atoms with Gasteiger partial charge >= 0.3 is 0 Å². The van der Waals surface area contributed by atoms with E-state index >= 15 is 0 Å². The highest BCUT2D eigenvalue weighted by molar-refractivity contribution is 7.92. The maximum atomic E-state index is 13.1. The fraction of sp³-hybridized carbons (Fsp3) is 0.182. The molecule has 4 nitrogen and oxygen atoms in total. The van der Waals surface area contributed by atoms with Crippen LogP contribution in [0.2, 0.25) is 0 Å². The van der Waals surface area contributed by atoms with E-state index in [9.17, 15) is 8.42 Å². The summed E-state index contributed by atoms with van der Waals surface area (Å²) in [6, 6.07) is 24.1. The van der Waals surface area contributed by atoms with Crippen molar-refractivity contribution in [3.05, 3.63) is 90.0 Å². The molecule has 1 aliphatic heterocycles. The smallest absolute Gasteiger partial charge is 0.264 e. The lowest BCUT2D eigenvalue weighted by molar-refractivity contribution is 0.306. The van der Waals surface area contributed by atoms with E-state index in [1.54, 1.807) is 24.3 Å². The van der Waals surface area contributed by atoms with Crippen LogP contribution in [0.3, 0.4) is 0 Å². The number of hydrogen-bond acceptors (Lipinski definition) is 3. The number of sulfonamides is 1. The molecule has 0 aliphatic carbocycles. The third-order valence-corrected chi connectivity index (χ3v) is 6.69. The first-order valence-corrected chi connectivity index (χ1v) is 10.4. The van der Waals surface area contributed by atoms with E-state index in [2.05, 4.69) is 0 Å². The van der Waals surface area contributed by atoms with Crippen molar-refractivity contribution in [1.82, 2.24) is 0 Å². The number of nitrogens with zero attached hydrogens (tertiary/aromatic N) is 1. The Labute approximate surface area is 160 Å². The van der Waals surface area contributed by atoms with Crippen LogP contribution in [0.4, 0.5) is 5.69 Å². The van der Waals surface area contributed by atoms with Gasteiger partial charge in [-0.1, -0.05) is 48.5 Å². The SMILES string of the molecule is CC1Cc2cc(OCc3ccccc3)ccc2N1S(=O)(=O)c1ccccc1. The predicted molar refractivity (Wildman–Crippen MR) is 106 cm³/mol. The zero-order chi connectivity index (χ0) is 18.9. The molecule has 0 saturated heterocycles. The minimum atomic E-state index is -3.58. The van der Waals surface area contributed by atoms with Gasteiger partial charge in [-0.2, -0.15) is 0 Å². The Kier molecular flexibility index (Phi) is 4.62. The second kappa shape index (κ2) is 7.08. The number of fused-ring (bicyclic) bond motifs is 1. The number of rotatable bonds is 5. The predicted octanol–water partition coefficient (Wildman–Crippen LogP) is 4.41. The summed E-state index contributed by atoms with van der Waals surface area (Å²) in [6.07, 6.45) is 0.671. The Bertz CT molecular complexity index is 1030. The van der Waals surface area contributed by atoms with E-state index in [1.165, 1.54) is 4.31 Å². The van der Waals surface area contributed by atoms with Crippen molar-refractivity contribution in [2.45, 2.75) is 30.9 Å². The van der Waals surface area contributed by atoms with Crippen LogP contribution in [-0.4, -0.2) is 14.5 Å². The molecule has 4 rings (SSSR count). The molecule has 0 radical (unpaired) electrons. The van der Waals surface area contributed by atoms with E-state index in [0.29, 0.717) is 17.9 Å². The molecule has 0 spiro atoms. The lowest BCUT2D eigenvalue weighted by Gasteiger charge is -2.24. The molecule has 1 aliphatic rings. The monoisotopic (exact) mass is 379 g/mol. The van der Waals surface area contributed by atoms with E-state index in [-0.39, 0.29) is 6.04 Å². The van der Waals surface area contributed by atoms with Crippen molar-refractivity contribution in [1.29, 1.82) is 0 Å². The van der Waals surface area contributed by atoms with Gasteiger partial charge in [-0.05, 0) is 54.8 Å². The minimum Gasteiger partial charge on any atom is -0.489 e. The van der Waals surface area contributed by atoms with Gasteiger partial charge in [-0.15, -0.1) is 0 Å². The summed E-state index contributed by atoms with van der Waals surface area (Å²) in [7, 11) is -3.58. The third kappa shape index (κ3) is 3.43. The average molecular weight is 379 g/mol. The van der Waals surface area contributed by atoms with E-state index in [4.69, 9.17) is 4.74 Å². The maximum absolute atomic E-state index is 13.1. The first-order chi connectivity index (χ1) is 13.1. The van der Waals surface area contributed by atoms with Crippen LogP contribution in [0.5, 0.6) is 5.75 Å². The molecule has 0 N–H and O–H groups in total. The summed E-state index contributed by atoms with van der Waals surface area (Å²) in [5.41, 5.74) is 2.82. The van der Waals surface area contributed by atoms with Gasteiger partial charge in [0.2, 0.25) is 0 Å². The van der Waals surface area contributed by atoms with E-state index in [1.807, 2.05) is 61.5 Å². The Morgan fingerprint density at radius 1 is 0.963 bits per heavy atom. The molecule has 5 heteroatoms. The first kappa shape index (κ1) is 17.6. The fourth-order valence-corrected chi connectivity index (χ4v) is 5.20. The van der Waals surface area contributed by atoms with Crippen LogP contribution in [0, 0.1) is 0 Å². The zero-order valence-corrected chi connectivity index (χ0v) is 15.9. The first-order valence-electron chi connectivity index (χ1n) is 8.95. The molecule has 0 fully saturated rings. The number of hydrogen-bond donors (Lipinski definition) is 0. The van der Waals surface area contributed by atoms with Crippen LogP contribution in [0.15, 0.2) is 83.8 Å². The molecule has 0 aromatic heterocycles. The topological polar surface area (TPSA) is 46.6 Å². The van der Waals surface area contributed by atoms with Gasteiger partial charge in [-0.25, -0.2) is 8.42 Å². The summed E-state index contributed by atoms with van der Waals surface area (Å²) >= 11 is 0. The second-order valence-electron chi connectivity index (χ2n) is 6.73. The summed E-state index contributed by atoms with van der Waals surface area (Å²) in [5.74, 6) is 0.753. The van der Waals surface area contributed by atoms with Gasteiger partial charge in [0.05, 0.1) is 10.6 Å². The largest absolute Gasteiger partial charge is 0.489 e. The van der Waals surface area contributed by atoms with Crippen molar-refractivity contribution in [2.75, 3.05) is 4.31 Å². The Hall–Kier alpha value is -2.79. The molecule has 3 aromatic carbocycles. The third-order valence-electron chi connectivity index (χ3n) is 4.75. The summed E-state index contributed by atoms with van der Waals surface area (Å²) < 4.78 is 33.6. The highest BCUT2D eigenvalue weighted by atomic mass is 32.2. The molecular weight excluding hydrogens is 358 g/mol. The molecule has 0 bridgehead atoms. The molecule has 1 atom stereocenters. The second-order valence-corrected chi connectivity index (χ2v) is 8.55. The quantitative estimate of drug-likeness (QED) is 0.660. The van der Waals surface area contributed by atoms with Crippen LogP contribution >= 0.6 is 0 Å². The summed E-state index contributed by atoms with van der Waals surface area (Å²) in [4.78, 5) is 0.314. The van der Waals surface area contributed by atoms with Gasteiger partial charge < -0.3 is 4.74 Å². The Morgan fingerprint density at radius 3 is 2.33 bits per heavy atom. The number of anilines is 1. The molecule has 3 aromatic rings. The van der Waals surface area contributed by atoms with Crippen LogP contribution in [0.25, 0.3) is 0 Å². The minimum absolute atomic E-state index is 0.130. The van der Waals surface area contributed by atoms with Gasteiger partial charge in [0.15, 0.2) is 0 Å². The number of benzene rings is 3. The molecule has 138 valence electrons. The highest BCUT2D eigenvalue weighted by Gasteiger charge is 2.36. The molecule has 1 heterocycles. The molecule has 27 heavy (non-hydrogen) atoms. The van der Waals surface area contributed by atoms with Crippen molar-refractivity contribution in [2.24, 2.45) is 0 Å².